The Hall–Kier alpha value is -0.760. The van der Waals surface area contributed by atoms with Crippen LogP contribution in [0.15, 0.2) is 0 Å². The fourth-order valence-corrected chi connectivity index (χ4v) is 10.0. The van der Waals surface area contributed by atoms with Crippen LogP contribution < -0.4 is 10.6 Å². The summed E-state index contributed by atoms with van der Waals surface area (Å²) in [5, 5.41) is 29.5. The lowest BCUT2D eigenvalue weighted by Gasteiger charge is -2.52. The van der Waals surface area contributed by atoms with Gasteiger partial charge in [0.25, 0.3) is 40.5 Å². The summed E-state index contributed by atoms with van der Waals surface area (Å²) in [6.45, 7) is -0.00231. The quantitative estimate of drug-likeness (QED) is 0.0298. The summed E-state index contributed by atoms with van der Waals surface area (Å²) in [4.78, 5) is 0. The molecule has 22 nitrogen and oxygen atoms in total. The lowest BCUT2D eigenvalue weighted by atomic mass is 9.75. The van der Waals surface area contributed by atoms with Crippen molar-refractivity contribution in [3.8, 4) is 0 Å². The molecular weight excluding hydrogens is 873 g/mol. The van der Waals surface area contributed by atoms with Gasteiger partial charge in [0.2, 0.25) is 0 Å². The Balaban J connectivity index is 2.50. The first-order valence-corrected chi connectivity index (χ1v) is 26.0. The van der Waals surface area contributed by atoms with Gasteiger partial charge in [0.1, 0.15) is 12.2 Å². The van der Waals surface area contributed by atoms with Gasteiger partial charge in [0.15, 0.2) is 0 Å². The maximum Gasteiger partial charge on any atom is 0.264 e. The van der Waals surface area contributed by atoms with E-state index in [0.717, 1.165) is 0 Å². The summed E-state index contributed by atoms with van der Waals surface area (Å²) in [6.07, 6.45) is -5.08. The number of hydrogen-bond donors (Lipinski definition) is 8. The molecule has 26 heteroatoms. The summed E-state index contributed by atoms with van der Waals surface area (Å²) < 4.78 is 164. The normalized spacial score (nSPS) is 29.8. The second kappa shape index (κ2) is 26.1. The Morgan fingerprint density at radius 3 is 1.39 bits per heavy atom. The number of aliphatic hydroxyl groups is 2. The number of unbranched alkanes of at least 4 members (excludes halogenated alkanes) is 4. The Morgan fingerprint density at radius 2 is 0.983 bits per heavy atom. The minimum Gasteiger partial charge on any atom is -0.396 e. The highest BCUT2D eigenvalue weighted by Gasteiger charge is 2.54. The predicted octanol–water partition coefficient (Wildman–Crippen LogP) is -1.22. The SMILES string of the molecule is COCC1CC(OC2C(O)C(NCCCCS(=O)(=O)O)C(OCCCCS(=O)(=O)O)C(OC)C2CO)C(NCCCCS(=O)(=O)O)C(OCCCCS(=O)(=O)O)C1OC. The van der Waals surface area contributed by atoms with E-state index in [2.05, 4.69) is 10.6 Å². The van der Waals surface area contributed by atoms with Crippen molar-refractivity contribution in [2.75, 3.05) is 83.9 Å². The summed E-state index contributed by atoms with van der Waals surface area (Å²) in [5.74, 6) is -3.22. The van der Waals surface area contributed by atoms with Crippen LogP contribution >= 0.6 is 0 Å². The number of hydrogen-bond acceptors (Lipinski definition) is 18. The molecule has 352 valence electrons. The number of aliphatic hydroxyl groups excluding tert-OH is 2. The first-order chi connectivity index (χ1) is 27.6. The van der Waals surface area contributed by atoms with E-state index in [4.69, 9.17) is 33.0 Å². The van der Waals surface area contributed by atoms with Gasteiger partial charge in [-0.2, -0.15) is 33.7 Å². The molecule has 0 heterocycles. The van der Waals surface area contributed by atoms with Gasteiger partial charge in [0, 0.05) is 46.4 Å². The third kappa shape index (κ3) is 20.5. The zero-order chi connectivity index (χ0) is 44.4. The number of methoxy groups -OCH3 is 3. The third-order valence-electron chi connectivity index (χ3n) is 10.4. The van der Waals surface area contributed by atoms with Crippen LogP contribution in [0.1, 0.15) is 57.8 Å². The van der Waals surface area contributed by atoms with Gasteiger partial charge in [-0.05, 0) is 70.9 Å². The van der Waals surface area contributed by atoms with Crippen LogP contribution in [-0.2, 0) is 68.9 Å². The molecule has 0 aliphatic heterocycles. The minimum atomic E-state index is -4.22. The molecule has 0 spiro atoms. The van der Waals surface area contributed by atoms with E-state index in [0.29, 0.717) is 6.42 Å². The van der Waals surface area contributed by atoms with Crippen LogP contribution in [0.4, 0.5) is 0 Å². The van der Waals surface area contributed by atoms with E-state index in [1.807, 2.05) is 0 Å². The Morgan fingerprint density at radius 1 is 0.559 bits per heavy atom. The van der Waals surface area contributed by atoms with Gasteiger partial charge in [0.05, 0.1) is 78.8 Å². The van der Waals surface area contributed by atoms with E-state index in [1.54, 1.807) is 0 Å². The van der Waals surface area contributed by atoms with Crippen LogP contribution in [0.3, 0.4) is 0 Å². The molecule has 2 aliphatic carbocycles. The van der Waals surface area contributed by atoms with Gasteiger partial charge < -0.3 is 49.3 Å². The van der Waals surface area contributed by atoms with E-state index in [9.17, 15) is 57.5 Å². The predicted molar refractivity (Wildman–Crippen MR) is 212 cm³/mol. The van der Waals surface area contributed by atoms with Crippen molar-refractivity contribution < 1.29 is 90.5 Å². The molecule has 8 N–H and O–H groups in total. The van der Waals surface area contributed by atoms with Crippen molar-refractivity contribution in [3.05, 3.63) is 0 Å². The molecule has 0 aromatic carbocycles. The van der Waals surface area contributed by atoms with Gasteiger partial charge >= 0.3 is 0 Å². The fourth-order valence-electron chi connectivity index (χ4n) is 7.74. The molecule has 2 fully saturated rings. The van der Waals surface area contributed by atoms with Crippen molar-refractivity contribution in [1.29, 1.82) is 0 Å². The smallest absolute Gasteiger partial charge is 0.264 e. The molecule has 2 aliphatic rings. The third-order valence-corrected chi connectivity index (χ3v) is 13.6. The first-order valence-electron chi connectivity index (χ1n) is 19.5. The Labute approximate surface area is 348 Å². The van der Waals surface area contributed by atoms with Crippen molar-refractivity contribution in [3.63, 3.8) is 0 Å². The van der Waals surface area contributed by atoms with Crippen LogP contribution in [0.25, 0.3) is 0 Å². The number of nitrogens with one attached hydrogen (secondary N) is 2. The zero-order valence-electron chi connectivity index (χ0n) is 33.8. The number of ether oxygens (including phenoxy) is 6. The van der Waals surface area contributed by atoms with Crippen LogP contribution in [0.5, 0.6) is 0 Å². The Bertz CT molecular complexity index is 1640. The fraction of sp³-hybridized carbons (Fsp3) is 1.00. The average molecular weight is 939 g/mol. The highest BCUT2D eigenvalue weighted by atomic mass is 32.2. The van der Waals surface area contributed by atoms with E-state index in [1.165, 1.54) is 21.3 Å². The summed E-state index contributed by atoms with van der Waals surface area (Å²) in [5.41, 5.74) is 0. The monoisotopic (exact) mass is 938 g/mol. The topological polar surface area (TPSA) is 337 Å². The standard InChI is InChI=1S/C33H66N2O20S4/c1-50-22-23-20-25(26(34-12-4-8-16-56(38,39)40)32(29(23)51-2)53-14-6-10-18-58(44,45)46)55-30-24(21-36)31(52-3)33(54-15-7-11-19-59(47,48)49)27(28(30)37)35-13-5-9-17-57(41,42)43/h23-37H,4-22H2,1-3H3,(H,38,39,40)(H,41,42,43)(H,44,45,46)(H,47,48,49). The van der Waals surface area contributed by atoms with Crippen molar-refractivity contribution in [1.82, 2.24) is 10.6 Å². The molecule has 11 atom stereocenters. The zero-order valence-corrected chi connectivity index (χ0v) is 37.1. The maximum absolute atomic E-state index is 12.1. The molecule has 11 unspecified atom stereocenters. The lowest BCUT2D eigenvalue weighted by Crippen LogP contribution is -2.70. The molecule has 0 radical (unpaired) electrons. The second-order valence-corrected chi connectivity index (χ2v) is 21.2. The second-order valence-electron chi connectivity index (χ2n) is 14.9. The van der Waals surface area contributed by atoms with Crippen LogP contribution in [0.2, 0.25) is 0 Å². The van der Waals surface area contributed by atoms with E-state index >= 15 is 0 Å². The maximum atomic E-state index is 12.1. The summed E-state index contributed by atoms with van der Waals surface area (Å²) in [7, 11) is -12.5. The highest BCUT2D eigenvalue weighted by molar-refractivity contribution is 7.86. The molecule has 0 bridgehead atoms. The Kier molecular flexibility index (Phi) is 24.1. The molecule has 0 saturated heterocycles. The van der Waals surface area contributed by atoms with Gasteiger partial charge in [-0.1, -0.05) is 0 Å². The van der Waals surface area contributed by atoms with Crippen molar-refractivity contribution in [2.24, 2.45) is 11.8 Å². The first kappa shape index (κ1) is 54.4. The van der Waals surface area contributed by atoms with E-state index in [-0.39, 0.29) is 90.2 Å². The van der Waals surface area contributed by atoms with Gasteiger partial charge in [-0.3, -0.25) is 18.2 Å². The highest BCUT2D eigenvalue weighted by Crippen LogP contribution is 2.38. The summed E-state index contributed by atoms with van der Waals surface area (Å²) in [6, 6.07) is -1.69. The molecule has 59 heavy (non-hydrogen) atoms. The minimum absolute atomic E-state index is 0.0239. The van der Waals surface area contributed by atoms with Crippen molar-refractivity contribution in [2.45, 2.75) is 113 Å². The average Bonchev–Trinajstić information content (AvgIpc) is 3.11. The van der Waals surface area contributed by atoms with Crippen molar-refractivity contribution >= 4 is 40.5 Å². The molecule has 0 aromatic heterocycles. The molecule has 2 saturated carbocycles. The summed E-state index contributed by atoms with van der Waals surface area (Å²) >= 11 is 0. The number of rotatable bonds is 31. The lowest BCUT2D eigenvalue weighted by molar-refractivity contribution is -0.239. The van der Waals surface area contributed by atoms with Crippen LogP contribution in [-0.4, -0.2) is 201 Å². The molecule has 0 amide bonds. The largest absolute Gasteiger partial charge is 0.396 e. The van der Waals surface area contributed by atoms with Gasteiger partial charge in [-0.25, -0.2) is 0 Å². The van der Waals surface area contributed by atoms with Crippen LogP contribution in [0, 0.1) is 11.8 Å². The molecular formula is C33H66N2O20S4. The molecule has 0 aromatic rings. The van der Waals surface area contributed by atoms with Gasteiger partial charge in [-0.15, -0.1) is 0 Å². The van der Waals surface area contributed by atoms with E-state index < -0.39 is 131 Å². The molecule has 2 rings (SSSR count).